The summed E-state index contributed by atoms with van der Waals surface area (Å²) in [5.74, 6) is -1.12. The summed E-state index contributed by atoms with van der Waals surface area (Å²) >= 11 is 0.969. The summed E-state index contributed by atoms with van der Waals surface area (Å²) in [5.41, 5.74) is 0.656. The van der Waals surface area contributed by atoms with E-state index < -0.39 is 5.97 Å². The summed E-state index contributed by atoms with van der Waals surface area (Å²) in [6, 6.07) is 7.52. The number of carbonyl (C=O) groups excluding carboxylic acids is 2. The topological polar surface area (TPSA) is 79.3 Å². The minimum atomic E-state index is -1.39. The fourth-order valence-electron chi connectivity index (χ4n) is 1.91. The second-order valence-corrected chi connectivity index (χ2v) is 6.64. The standard InChI is InChI=1S/C16H17NO4S/c1-16(2,3)10-6-4-5-7-13(10)21-8-12(18)14-17-11(9-22-14)15(19)20/h4-7,9H,8H2,1-3H3,(H,19,20)/p-1. The van der Waals surface area contributed by atoms with Gasteiger partial charge in [0.25, 0.3) is 0 Å². The van der Waals surface area contributed by atoms with Gasteiger partial charge in [-0.2, -0.15) is 0 Å². The molecule has 0 radical (unpaired) electrons. The number of rotatable bonds is 5. The van der Waals surface area contributed by atoms with Gasteiger partial charge < -0.3 is 14.6 Å². The summed E-state index contributed by atoms with van der Waals surface area (Å²) in [6.45, 7) is 5.99. The van der Waals surface area contributed by atoms with E-state index in [9.17, 15) is 14.7 Å². The third-order valence-electron chi connectivity index (χ3n) is 3.01. The molecule has 0 unspecified atom stereocenters. The van der Waals surface area contributed by atoms with Gasteiger partial charge >= 0.3 is 0 Å². The number of hydrogen-bond donors (Lipinski definition) is 0. The highest BCUT2D eigenvalue weighted by Crippen LogP contribution is 2.31. The molecule has 0 aliphatic heterocycles. The molecule has 1 aromatic heterocycles. The number of hydrogen-bond acceptors (Lipinski definition) is 6. The Balaban J connectivity index is 2.10. The number of benzene rings is 1. The number of nitrogens with zero attached hydrogens (tertiary/aromatic N) is 1. The third-order valence-corrected chi connectivity index (χ3v) is 3.89. The van der Waals surface area contributed by atoms with Gasteiger partial charge in [0.15, 0.2) is 11.6 Å². The first-order valence-corrected chi connectivity index (χ1v) is 7.59. The fraction of sp³-hybridized carbons (Fsp3) is 0.312. The first-order chi connectivity index (χ1) is 10.3. The number of Topliss-reactive ketones (excluding diaryl/α,β-unsaturated/α-hetero) is 1. The first kappa shape index (κ1) is 16.2. The average molecular weight is 318 g/mol. The molecule has 0 spiro atoms. The van der Waals surface area contributed by atoms with E-state index in [1.165, 1.54) is 5.38 Å². The van der Waals surface area contributed by atoms with Gasteiger partial charge in [-0.3, -0.25) is 4.79 Å². The van der Waals surface area contributed by atoms with Crippen molar-refractivity contribution in [1.29, 1.82) is 0 Å². The van der Waals surface area contributed by atoms with Gasteiger partial charge in [0.1, 0.15) is 5.75 Å². The molecule has 0 saturated heterocycles. The van der Waals surface area contributed by atoms with Gasteiger partial charge in [-0.1, -0.05) is 39.0 Å². The molecule has 116 valence electrons. The van der Waals surface area contributed by atoms with Crippen molar-refractivity contribution in [1.82, 2.24) is 4.98 Å². The van der Waals surface area contributed by atoms with E-state index in [-0.39, 0.29) is 28.5 Å². The molecule has 0 bridgehead atoms. The zero-order chi connectivity index (χ0) is 16.3. The third kappa shape index (κ3) is 3.71. The van der Waals surface area contributed by atoms with Crippen molar-refractivity contribution in [3.05, 3.63) is 45.9 Å². The summed E-state index contributed by atoms with van der Waals surface area (Å²) in [4.78, 5) is 26.4. The summed E-state index contributed by atoms with van der Waals surface area (Å²) in [6.07, 6.45) is 0. The van der Waals surface area contributed by atoms with Crippen LogP contribution in [0.15, 0.2) is 29.6 Å². The lowest BCUT2D eigenvalue weighted by Crippen LogP contribution is -2.23. The summed E-state index contributed by atoms with van der Waals surface area (Å²) in [7, 11) is 0. The largest absolute Gasteiger partial charge is 0.543 e. The fourth-order valence-corrected chi connectivity index (χ4v) is 2.63. The maximum absolute atomic E-state index is 12.0. The Hall–Kier alpha value is -2.21. The smallest absolute Gasteiger partial charge is 0.228 e. The monoisotopic (exact) mass is 318 g/mol. The molecule has 6 heteroatoms. The predicted octanol–water partition coefficient (Wildman–Crippen LogP) is 2.07. The maximum Gasteiger partial charge on any atom is 0.228 e. The van der Waals surface area contributed by atoms with Crippen LogP contribution >= 0.6 is 11.3 Å². The lowest BCUT2D eigenvalue weighted by atomic mass is 9.86. The van der Waals surface area contributed by atoms with Crippen LogP contribution in [0.5, 0.6) is 5.75 Å². The van der Waals surface area contributed by atoms with E-state index in [2.05, 4.69) is 25.8 Å². The van der Waals surface area contributed by atoms with E-state index in [4.69, 9.17) is 4.74 Å². The van der Waals surface area contributed by atoms with Crippen molar-refractivity contribution in [2.75, 3.05) is 6.61 Å². The van der Waals surface area contributed by atoms with Crippen molar-refractivity contribution >= 4 is 23.1 Å². The SMILES string of the molecule is CC(C)(C)c1ccccc1OCC(=O)c1nc(C(=O)[O-])cs1. The Morgan fingerprint density at radius 2 is 1.95 bits per heavy atom. The van der Waals surface area contributed by atoms with Crippen LogP contribution in [0.25, 0.3) is 0 Å². The number of carboxylic acids is 1. The number of carboxylic acid groups (broad SMARTS) is 1. The highest BCUT2D eigenvalue weighted by Gasteiger charge is 2.19. The minimum absolute atomic E-state index is 0.104. The average Bonchev–Trinajstić information content (AvgIpc) is 2.94. The molecule has 0 fully saturated rings. The Kier molecular flexibility index (Phi) is 4.61. The summed E-state index contributed by atoms with van der Waals surface area (Å²) < 4.78 is 5.60. The predicted molar refractivity (Wildman–Crippen MR) is 81.4 cm³/mol. The highest BCUT2D eigenvalue weighted by molar-refractivity contribution is 7.12. The highest BCUT2D eigenvalue weighted by atomic mass is 32.1. The summed E-state index contributed by atoms with van der Waals surface area (Å²) in [5, 5.41) is 12.0. The van der Waals surface area contributed by atoms with Crippen LogP contribution in [0.4, 0.5) is 0 Å². The van der Waals surface area contributed by atoms with Crippen LogP contribution in [-0.2, 0) is 5.41 Å². The van der Waals surface area contributed by atoms with E-state index in [1.807, 2.05) is 24.3 Å². The molecule has 0 atom stereocenters. The van der Waals surface area contributed by atoms with Crippen LogP contribution in [0.2, 0.25) is 0 Å². The molecular weight excluding hydrogens is 302 g/mol. The number of para-hydroxylation sites is 1. The lowest BCUT2D eigenvalue weighted by molar-refractivity contribution is -0.255. The molecule has 2 rings (SSSR count). The Morgan fingerprint density at radius 1 is 1.27 bits per heavy atom. The van der Waals surface area contributed by atoms with Gasteiger partial charge in [-0.25, -0.2) is 4.98 Å². The molecule has 0 amide bonds. The van der Waals surface area contributed by atoms with Gasteiger partial charge in [-0.15, -0.1) is 11.3 Å². The van der Waals surface area contributed by atoms with E-state index in [0.717, 1.165) is 16.9 Å². The lowest BCUT2D eigenvalue weighted by Gasteiger charge is -2.22. The van der Waals surface area contributed by atoms with Crippen molar-refractivity contribution in [2.24, 2.45) is 0 Å². The molecule has 0 saturated carbocycles. The van der Waals surface area contributed by atoms with Crippen molar-refractivity contribution in [3.8, 4) is 5.75 Å². The molecule has 5 nitrogen and oxygen atoms in total. The van der Waals surface area contributed by atoms with E-state index >= 15 is 0 Å². The van der Waals surface area contributed by atoms with E-state index in [0.29, 0.717) is 5.75 Å². The minimum Gasteiger partial charge on any atom is -0.543 e. The number of ether oxygens (including phenoxy) is 1. The Bertz CT molecular complexity index is 700. The molecule has 0 N–H and O–H groups in total. The van der Waals surface area contributed by atoms with Crippen LogP contribution in [0, 0.1) is 0 Å². The zero-order valence-electron chi connectivity index (χ0n) is 12.6. The number of aromatic carboxylic acids is 1. The molecule has 1 heterocycles. The van der Waals surface area contributed by atoms with Crippen LogP contribution in [0.3, 0.4) is 0 Å². The maximum atomic E-state index is 12.0. The van der Waals surface area contributed by atoms with Crippen molar-refractivity contribution in [3.63, 3.8) is 0 Å². The molecule has 0 aliphatic carbocycles. The van der Waals surface area contributed by atoms with Gasteiger partial charge in [0, 0.05) is 5.38 Å². The van der Waals surface area contributed by atoms with Gasteiger partial charge in [-0.05, 0) is 17.0 Å². The number of ketones is 1. The van der Waals surface area contributed by atoms with Gasteiger partial charge in [0.05, 0.1) is 11.7 Å². The Labute approximate surface area is 132 Å². The van der Waals surface area contributed by atoms with E-state index in [1.54, 1.807) is 0 Å². The number of carbonyl (C=O) groups is 2. The van der Waals surface area contributed by atoms with Gasteiger partial charge in [0.2, 0.25) is 5.78 Å². The quantitative estimate of drug-likeness (QED) is 0.788. The second-order valence-electron chi connectivity index (χ2n) is 5.78. The molecule has 2 aromatic rings. The zero-order valence-corrected chi connectivity index (χ0v) is 13.4. The number of thiazole rings is 1. The van der Waals surface area contributed by atoms with Crippen LogP contribution in [0.1, 0.15) is 46.6 Å². The normalized spacial score (nSPS) is 11.2. The first-order valence-electron chi connectivity index (χ1n) is 6.71. The van der Waals surface area contributed by atoms with Crippen LogP contribution < -0.4 is 9.84 Å². The molecule has 22 heavy (non-hydrogen) atoms. The molecule has 1 aromatic carbocycles. The van der Waals surface area contributed by atoms with Crippen molar-refractivity contribution < 1.29 is 19.4 Å². The molecular formula is C16H16NO4S-. The molecule has 0 aliphatic rings. The Morgan fingerprint density at radius 3 is 2.55 bits per heavy atom. The van der Waals surface area contributed by atoms with Crippen molar-refractivity contribution in [2.45, 2.75) is 26.2 Å². The second kappa shape index (κ2) is 6.27. The van der Waals surface area contributed by atoms with Crippen LogP contribution in [-0.4, -0.2) is 23.3 Å². The number of aromatic nitrogens is 1.